The summed E-state index contributed by atoms with van der Waals surface area (Å²) in [4.78, 5) is 47.0. The molecule has 2 aromatic rings. The zero-order valence-corrected chi connectivity index (χ0v) is 16.5. The Kier molecular flexibility index (Phi) is 8.85. The Morgan fingerprint density at radius 2 is 1.37 bits per heavy atom. The van der Waals surface area contributed by atoms with Crippen molar-refractivity contribution in [1.29, 1.82) is 0 Å². The van der Waals surface area contributed by atoms with Crippen LogP contribution in [0.25, 0.3) is 0 Å². The van der Waals surface area contributed by atoms with E-state index in [-0.39, 0.29) is 49.7 Å². The molecule has 30 heavy (non-hydrogen) atoms. The van der Waals surface area contributed by atoms with Gasteiger partial charge in [0.25, 0.3) is 11.8 Å². The summed E-state index contributed by atoms with van der Waals surface area (Å²) in [7, 11) is 0. The molecule has 158 valence electrons. The fourth-order valence-corrected chi connectivity index (χ4v) is 2.31. The summed E-state index contributed by atoms with van der Waals surface area (Å²) in [6.07, 6.45) is -0.814. The summed E-state index contributed by atoms with van der Waals surface area (Å²) in [6.45, 7) is 2.12. The quantitative estimate of drug-likeness (QED) is 0.325. The monoisotopic (exact) mass is 413 g/mol. The van der Waals surface area contributed by atoms with E-state index in [0.29, 0.717) is 11.1 Å². The van der Waals surface area contributed by atoms with E-state index in [1.165, 1.54) is 24.3 Å². The first-order valence-electron chi connectivity index (χ1n) is 9.32. The SMILES string of the molecule is CCOC(=O)Oc1ccc(C(=O)NCCNC(=O)CNC(=O)c2ccccc2)cc1. The van der Waals surface area contributed by atoms with Crippen LogP contribution in [0.5, 0.6) is 5.75 Å². The van der Waals surface area contributed by atoms with Gasteiger partial charge in [-0.2, -0.15) is 0 Å². The number of hydrogen-bond acceptors (Lipinski definition) is 6. The average molecular weight is 413 g/mol. The number of benzene rings is 2. The molecule has 3 amide bonds. The number of ether oxygens (including phenoxy) is 2. The van der Waals surface area contributed by atoms with E-state index < -0.39 is 6.16 Å². The number of rotatable bonds is 9. The van der Waals surface area contributed by atoms with Crippen molar-refractivity contribution < 1.29 is 28.7 Å². The molecular weight excluding hydrogens is 390 g/mol. The van der Waals surface area contributed by atoms with E-state index in [1.807, 2.05) is 0 Å². The topological polar surface area (TPSA) is 123 Å². The van der Waals surface area contributed by atoms with Crippen LogP contribution in [-0.2, 0) is 9.53 Å². The second-order valence-corrected chi connectivity index (χ2v) is 5.96. The summed E-state index contributed by atoms with van der Waals surface area (Å²) < 4.78 is 9.58. The molecule has 0 unspecified atom stereocenters. The van der Waals surface area contributed by atoms with Crippen LogP contribution < -0.4 is 20.7 Å². The maximum absolute atomic E-state index is 12.1. The van der Waals surface area contributed by atoms with Crippen molar-refractivity contribution in [2.45, 2.75) is 6.92 Å². The summed E-state index contributed by atoms with van der Waals surface area (Å²) in [6, 6.07) is 14.5. The molecule has 0 aromatic heterocycles. The van der Waals surface area contributed by atoms with Gasteiger partial charge in [0.05, 0.1) is 13.2 Å². The Morgan fingerprint density at radius 1 is 0.767 bits per heavy atom. The molecule has 2 rings (SSSR count). The normalized spacial score (nSPS) is 9.90. The third-order valence-corrected chi connectivity index (χ3v) is 3.76. The third kappa shape index (κ3) is 7.63. The van der Waals surface area contributed by atoms with Crippen LogP contribution in [0, 0.1) is 0 Å². The molecule has 0 heterocycles. The molecule has 0 fully saturated rings. The van der Waals surface area contributed by atoms with Crippen molar-refractivity contribution >= 4 is 23.9 Å². The molecule has 0 radical (unpaired) electrons. The molecule has 3 N–H and O–H groups in total. The molecule has 0 saturated heterocycles. The maximum atomic E-state index is 12.1. The number of hydrogen-bond donors (Lipinski definition) is 3. The minimum Gasteiger partial charge on any atom is -0.434 e. The van der Waals surface area contributed by atoms with Crippen LogP contribution in [0.1, 0.15) is 27.6 Å². The fourth-order valence-electron chi connectivity index (χ4n) is 2.31. The third-order valence-electron chi connectivity index (χ3n) is 3.76. The predicted octanol–water partition coefficient (Wildman–Crippen LogP) is 1.50. The fraction of sp³-hybridized carbons (Fsp3) is 0.238. The van der Waals surface area contributed by atoms with Gasteiger partial charge in [-0.15, -0.1) is 0 Å². The van der Waals surface area contributed by atoms with Crippen LogP contribution in [0.2, 0.25) is 0 Å². The first kappa shape index (κ1) is 22.4. The lowest BCUT2D eigenvalue weighted by molar-refractivity contribution is -0.120. The lowest BCUT2D eigenvalue weighted by Gasteiger charge is -2.09. The summed E-state index contributed by atoms with van der Waals surface area (Å²) in [5.74, 6) is -0.789. The maximum Gasteiger partial charge on any atom is 0.513 e. The van der Waals surface area contributed by atoms with Crippen LogP contribution in [-0.4, -0.2) is 50.1 Å². The summed E-state index contributed by atoms with van der Waals surface area (Å²) in [5, 5.41) is 7.77. The van der Waals surface area contributed by atoms with Gasteiger partial charge in [0.1, 0.15) is 5.75 Å². The molecule has 0 aliphatic rings. The predicted molar refractivity (Wildman–Crippen MR) is 108 cm³/mol. The van der Waals surface area contributed by atoms with Crippen molar-refractivity contribution in [2.24, 2.45) is 0 Å². The molecule has 9 nitrogen and oxygen atoms in total. The molecule has 9 heteroatoms. The van der Waals surface area contributed by atoms with Gasteiger partial charge in [-0.05, 0) is 43.3 Å². The highest BCUT2D eigenvalue weighted by molar-refractivity contribution is 5.96. The molecular formula is C21H23N3O6. The zero-order chi connectivity index (χ0) is 21.8. The van der Waals surface area contributed by atoms with Gasteiger partial charge < -0.3 is 25.4 Å². The molecule has 0 saturated carbocycles. The van der Waals surface area contributed by atoms with Gasteiger partial charge >= 0.3 is 6.16 Å². The second-order valence-electron chi connectivity index (χ2n) is 5.96. The van der Waals surface area contributed by atoms with E-state index in [2.05, 4.69) is 20.7 Å². The first-order valence-corrected chi connectivity index (χ1v) is 9.32. The number of nitrogens with one attached hydrogen (secondary N) is 3. The number of carbonyl (C=O) groups excluding carboxylic acids is 4. The number of amides is 3. The van der Waals surface area contributed by atoms with Gasteiger partial charge in [-0.3, -0.25) is 14.4 Å². The summed E-state index contributed by atoms with van der Waals surface area (Å²) in [5.41, 5.74) is 0.837. The van der Waals surface area contributed by atoms with E-state index in [9.17, 15) is 19.2 Å². The second kappa shape index (κ2) is 11.8. The first-order chi connectivity index (χ1) is 14.5. The van der Waals surface area contributed by atoms with Crippen molar-refractivity contribution in [1.82, 2.24) is 16.0 Å². The highest BCUT2D eigenvalue weighted by Crippen LogP contribution is 2.12. The Bertz CT molecular complexity index is 868. The smallest absolute Gasteiger partial charge is 0.434 e. The number of carbonyl (C=O) groups is 4. The standard InChI is InChI=1S/C21H23N3O6/c1-2-29-21(28)30-17-10-8-16(9-11-17)19(26)23-13-12-22-18(25)14-24-20(27)15-6-4-3-5-7-15/h3-11H,2,12-14H2,1H3,(H,22,25)(H,23,26)(H,24,27). The van der Waals surface area contributed by atoms with Crippen LogP contribution in [0.15, 0.2) is 54.6 Å². The van der Waals surface area contributed by atoms with Gasteiger partial charge in [0, 0.05) is 24.2 Å². The van der Waals surface area contributed by atoms with Crippen LogP contribution in [0.4, 0.5) is 4.79 Å². The van der Waals surface area contributed by atoms with E-state index in [4.69, 9.17) is 4.74 Å². The Morgan fingerprint density at radius 3 is 2.03 bits per heavy atom. The lowest BCUT2D eigenvalue weighted by Crippen LogP contribution is -2.40. The Labute approximate surface area is 173 Å². The van der Waals surface area contributed by atoms with Gasteiger partial charge in [0.2, 0.25) is 5.91 Å². The van der Waals surface area contributed by atoms with E-state index in [1.54, 1.807) is 37.3 Å². The Hall–Kier alpha value is -3.88. The van der Waals surface area contributed by atoms with Gasteiger partial charge in [0.15, 0.2) is 0 Å². The van der Waals surface area contributed by atoms with Gasteiger partial charge in [-0.1, -0.05) is 18.2 Å². The van der Waals surface area contributed by atoms with Crippen molar-refractivity contribution in [3.8, 4) is 5.75 Å². The highest BCUT2D eigenvalue weighted by Gasteiger charge is 2.09. The molecule has 0 bridgehead atoms. The van der Waals surface area contributed by atoms with E-state index in [0.717, 1.165) is 0 Å². The Balaban J connectivity index is 1.65. The minimum absolute atomic E-state index is 0.163. The average Bonchev–Trinajstić information content (AvgIpc) is 2.76. The van der Waals surface area contributed by atoms with Crippen molar-refractivity contribution in [2.75, 3.05) is 26.2 Å². The lowest BCUT2D eigenvalue weighted by atomic mass is 10.2. The minimum atomic E-state index is -0.814. The highest BCUT2D eigenvalue weighted by atomic mass is 16.7. The van der Waals surface area contributed by atoms with Crippen LogP contribution >= 0.6 is 0 Å². The van der Waals surface area contributed by atoms with Gasteiger partial charge in [-0.25, -0.2) is 4.79 Å². The zero-order valence-electron chi connectivity index (χ0n) is 16.5. The summed E-state index contributed by atoms with van der Waals surface area (Å²) >= 11 is 0. The molecule has 0 aliphatic carbocycles. The van der Waals surface area contributed by atoms with E-state index >= 15 is 0 Å². The molecule has 0 atom stereocenters. The largest absolute Gasteiger partial charge is 0.513 e. The molecule has 2 aromatic carbocycles. The van der Waals surface area contributed by atoms with Crippen molar-refractivity contribution in [3.63, 3.8) is 0 Å². The molecule has 0 spiro atoms. The van der Waals surface area contributed by atoms with Crippen molar-refractivity contribution in [3.05, 3.63) is 65.7 Å². The van der Waals surface area contributed by atoms with Crippen LogP contribution in [0.3, 0.4) is 0 Å². The molecule has 0 aliphatic heterocycles.